The van der Waals surface area contributed by atoms with Gasteiger partial charge in [-0.15, -0.1) is 0 Å². The first-order valence-corrected chi connectivity index (χ1v) is 6.97. The summed E-state index contributed by atoms with van der Waals surface area (Å²) in [7, 11) is 0. The van der Waals surface area contributed by atoms with E-state index in [0.29, 0.717) is 34.9 Å². The number of rotatable bonds is 5. The molecule has 0 heterocycles. The van der Waals surface area contributed by atoms with Crippen LogP contribution < -0.4 is 5.32 Å². The minimum atomic E-state index is -0.243. The summed E-state index contributed by atoms with van der Waals surface area (Å²) in [4.78, 5) is 12.1. The second-order valence-corrected chi connectivity index (χ2v) is 5.93. The summed E-state index contributed by atoms with van der Waals surface area (Å²) in [6.07, 6.45) is 0. The third-order valence-corrected chi connectivity index (χ3v) is 3.74. The molecule has 0 saturated carbocycles. The Morgan fingerprint density at radius 2 is 1.84 bits per heavy atom. The molecule has 1 amide bonds. The van der Waals surface area contributed by atoms with Crippen molar-refractivity contribution in [3.05, 3.63) is 28.8 Å². The largest absolute Gasteiger partial charge is 0.508 e. The third-order valence-electron chi connectivity index (χ3n) is 3.41. The van der Waals surface area contributed by atoms with Gasteiger partial charge in [0, 0.05) is 6.54 Å². The summed E-state index contributed by atoms with van der Waals surface area (Å²) in [5.41, 5.74) is 0.313. The molecule has 0 spiro atoms. The van der Waals surface area contributed by atoms with E-state index in [1.807, 2.05) is 0 Å². The molecule has 2 N–H and O–H groups in total. The van der Waals surface area contributed by atoms with Crippen molar-refractivity contribution >= 4 is 17.5 Å². The number of aromatic hydroxyl groups is 1. The van der Waals surface area contributed by atoms with Crippen LogP contribution in [-0.2, 0) is 0 Å². The molecule has 1 aromatic carbocycles. The molecule has 0 aliphatic rings. The zero-order valence-corrected chi connectivity index (χ0v) is 12.7. The third kappa shape index (κ3) is 4.43. The molecule has 0 bridgehead atoms. The van der Waals surface area contributed by atoms with Crippen LogP contribution in [0.5, 0.6) is 5.75 Å². The van der Waals surface area contributed by atoms with Gasteiger partial charge in [0.25, 0.3) is 5.91 Å². The van der Waals surface area contributed by atoms with Gasteiger partial charge in [-0.1, -0.05) is 39.3 Å². The molecule has 106 valence electrons. The van der Waals surface area contributed by atoms with Crippen LogP contribution >= 0.6 is 11.6 Å². The van der Waals surface area contributed by atoms with Crippen LogP contribution in [0.25, 0.3) is 0 Å². The summed E-state index contributed by atoms with van der Waals surface area (Å²) in [5, 5.41) is 12.6. The maximum Gasteiger partial charge on any atom is 0.252 e. The fourth-order valence-electron chi connectivity index (χ4n) is 2.23. The van der Waals surface area contributed by atoms with Gasteiger partial charge in [0.15, 0.2) is 0 Å². The number of carbonyl (C=O) groups is 1. The Bertz CT molecular complexity index is 436. The Hall–Kier alpha value is -1.22. The number of hydrogen-bond acceptors (Lipinski definition) is 2. The molecule has 0 atom stereocenters. The summed E-state index contributed by atoms with van der Waals surface area (Å²) < 4.78 is 0. The molecule has 0 aliphatic carbocycles. The van der Waals surface area contributed by atoms with Crippen molar-refractivity contribution in [1.82, 2.24) is 5.32 Å². The van der Waals surface area contributed by atoms with Crippen molar-refractivity contribution in [1.29, 1.82) is 0 Å². The molecule has 1 aromatic rings. The predicted octanol–water partition coefficient (Wildman–Crippen LogP) is 3.70. The predicted molar refractivity (Wildman–Crippen MR) is 78.6 cm³/mol. The van der Waals surface area contributed by atoms with Crippen molar-refractivity contribution in [2.45, 2.75) is 27.7 Å². The van der Waals surface area contributed by atoms with Gasteiger partial charge in [-0.05, 0) is 36.0 Å². The molecule has 0 radical (unpaired) electrons. The first kappa shape index (κ1) is 15.8. The van der Waals surface area contributed by atoms with E-state index >= 15 is 0 Å². The van der Waals surface area contributed by atoms with E-state index in [-0.39, 0.29) is 11.7 Å². The zero-order chi connectivity index (χ0) is 14.6. The lowest BCUT2D eigenvalue weighted by Crippen LogP contribution is -2.34. The lowest BCUT2D eigenvalue weighted by atomic mass is 9.85. The maximum absolute atomic E-state index is 12.1. The minimum absolute atomic E-state index is 0.0406. The fourth-order valence-corrected chi connectivity index (χ4v) is 2.44. The van der Waals surface area contributed by atoms with Gasteiger partial charge in [-0.2, -0.15) is 0 Å². The minimum Gasteiger partial charge on any atom is -0.508 e. The number of phenolic OH excluding ortho intramolecular Hbond substituents is 1. The van der Waals surface area contributed by atoms with E-state index in [9.17, 15) is 9.90 Å². The summed E-state index contributed by atoms with van der Waals surface area (Å²) in [6.45, 7) is 9.22. The standard InChI is InChI=1S/C15H22ClNO2/c1-9(2)13(10(3)4)8-17-15(19)12-7-11(18)5-6-14(12)16/h5-7,9-10,13,18H,8H2,1-4H3,(H,17,19). The van der Waals surface area contributed by atoms with E-state index in [1.54, 1.807) is 0 Å². The van der Waals surface area contributed by atoms with Crippen molar-refractivity contribution in [2.75, 3.05) is 6.54 Å². The molecular formula is C15H22ClNO2. The van der Waals surface area contributed by atoms with Crippen LogP contribution in [0.15, 0.2) is 18.2 Å². The van der Waals surface area contributed by atoms with Crippen LogP contribution in [-0.4, -0.2) is 17.6 Å². The van der Waals surface area contributed by atoms with Gasteiger partial charge in [-0.3, -0.25) is 4.79 Å². The van der Waals surface area contributed by atoms with Crippen molar-refractivity contribution in [3.8, 4) is 5.75 Å². The zero-order valence-electron chi connectivity index (χ0n) is 11.9. The summed E-state index contributed by atoms with van der Waals surface area (Å²) in [5.74, 6) is 1.21. The SMILES string of the molecule is CC(C)C(CNC(=O)c1cc(O)ccc1Cl)C(C)C. The number of hydrogen-bond donors (Lipinski definition) is 2. The van der Waals surface area contributed by atoms with Crippen LogP contribution in [0.4, 0.5) is 0 Å². The van der Waals surface area contributed by atoms with Gasteiger partial charge < -0.3 is 10.4 Å². The molecular weight excluding hydrogens is 262 g/mol. The average molecular weight is 284 g/mol. The highest BCUT2D eigenvalue weighted by atomic mass is 35.5. The van der Waals surface area contributed by atoms with Crippen LogP contribution in [0.3, 0.4) is 0 Å². The number of phenols is 1. The summed E-state index contributed by atoms with van der Waals surface area (Å²) >= 11 is 5.96. The van der Waals surface area contributed by atoms with Gasteiger partial charge >= 0.3 is 0 Å². The van der Waals surface area contributed by atoms with Crippen LogP contribution in [0.2, 0.25) is 5.02 Å². The smallest absolute Gasteiger partial charge is 0.252 e. The number of nitrogens with one attached hydrogen (secondary N) is 1. The van der Waals surface area contributed by atoms with E-state index in [1.165, 1.54) is 18.2 Å². The number of halogens is 1. The van der Waals surface area contributed by atoms with Crippen molar-refractivity contribution < 1.29 is 9.90 Å². The molecule has 1 rings (SSSR count). The maximum atomic E-state index is 12.1. The first-order valence-electron chi connectivity index (χ1n) is 6.59. The Balaban J connectivity index is 2.72. The van der Waals surface area contributed by atoms with Crippen LogP contribution in [0.1, 0.15) is 38.1 Å². The van der Waals surface area contributed by atoms with Gasteiger partial charge in [0.2, 0.25) is 0 Å². The topological polar surface area (TPSA) is 49.3 Å². The highest BCUT2D eigenvalue weighted by molar-refractivity contribution is 6.33. The van der Waals surface area contributed by atoms with Gasteiger partial charge in [0.05, 0.1) is 10.6 Å². The van der Waals surface area contributed by atoms with E-state index in [0.717, 1.165) is 0 Å². The van der Waals surface area contributed by atoms with Crippen molar-refractivity contribution in [3.63, 3.8) is 0 Å². The Morgan fingerprint density at radius 1 is 1.26 bits per heavy atom. The van der Waals surface area contributed by atoms with Gasteiger partial charge in [-0.25, -0.2) is 0 Å². The monoisotopic (exact) mass is 283 g/mol. The summed E-state index contributed by atoms with van der Waals surface area (Å²) in [6, 6.07) is 4.37. The molecule has 0 fully saturated rings. The second-order valence-electron chi connectivity index (χ2n) is 5.53. The molecule has 0 unspecified atom stereocenters. The molecule has 3 nitrogen and oxygen atoms in total. The van der Waals surface area contributed by atoms with E-state index < -0.39 is 0 Å². The number of carbonyl (C=O) groups excluding carboxylic acids is 1. The highest BCUT2D eigenvalue weighted by Crippen LogP contribution is 2.22. The molecule has 0 aromatic heterocycles. The second kappa shape index (κ2) is 6.80. The quantitative estimate of drug-likeness (QED) is 0.865. The Morgan fingerprint density at radius 3 is 2.37 bits per heavy atom. The lowest BCUT2D eigenvalue weighted by molar-refractivity contribution is 0.0937. The molecule has 0 saturated heterocycles. The van der Waals surface area contributed by atoms with Crippen molar-refractivity contribution in [2.24, 2.45) is 17.8 Å². The molecule has 4 heteroatoms. The van der Waals surface area contributed by atoms with Gasteiger partial charge in [0.1, 0.15) is 5.75 Å². The fraction of sp³-hybridized carbons (Fsp3) is 0.533. The lowest BCUT2D eigenvalue weighted by Gasteiger charge is -2.25. The van der Waals surface area contributed by atoms with Crippen LogP contribution in [0, 0.1) is 17.8 Å². The number of amides is 1. The normalized spacial score (nSPS) is 11.4. The Labute approximate surface area is 120 Å². The Kier molecular flexibility index (Phi) is 5.67. The van der Waals surface area contributed by atoms with E-state index in [4.69, 9.17) is 11.6 Å². The average Bonchev–Trinajstić information content (AvgIpc) is 2.31. The van der Waals surface area contributed by atoms with E-state index in [2.05, 4.69) is 33.0 Å². The molecule has 19 heavy (non-hydrogen) atoms. The highest BCUT2D eigenvalue weighted by Gasteiger charge is 2.19. The first-order chi connectivity index (χ1) is 8.82. The number of benzene rings is 1. The molecule has 0 aliphatic heterocycles.